The van der Waals surface area contributed by atoms with E-state index >= 15 is 0 Å². The minimum Gasteiger partial charge on any atom is -0.482 e. The van der Waals surface area contributed by atoms with Gasteiger partial charge in [0.2, 0.25) is 0 Å². The number of nitrogens with zero attached hydrogens (tertiary/aromatic N) is 2. The van der Waals surface area contributed by atoms with Gasteiger partial charge in [-0.15, -0.1) is 0 Å². The number of ether oxygens (including phenoxy) is 1. The number of carbonyl (C=O) groups is 2. The lowest BCUT2D eigenvalue weighted by Crippen LogP contribution is -2.45. The Morgan fingerprint density at radius 1 is 1.17 bits per heavy atom. The Bertz CT molecular complexity index is 948. The zero-order valence-corrected chi connectivity index (χ0v) is 16.4. The summed E-state index contributed by atoms with van der Waals surface area (Å²) < 4.78 is 18.7. The maximum Gasteiger partial charge on any atom is 0.316 e. The van der Waals surface area contributed by atoms with Gasteiger partial charge in [-0.1, -0.05) is 24.3 Å². The summed E-state index contributed by atoms with van der Waals surface area (Å²) in [7, 11) is 0. The molecule has 0 unspecified atom stereocenters. The Hall–Kier alpha value is -3.60. The number of benzene rings is 2. The maximum atomic E-state index is 13.1. The van der Waals surface area contributed by atoms with E-state index < -0.39 is 11.4 Å². The van der Waals surface area contributed by atoms with Gasteiger partial charge in [-0.3, -0.25) is 4.79 Å². The number of rotatable bonds is 6. The van der Waals surface area contributed by atoms with E-state index in [1.165, 1.54) is 12.1 Å². The van der Waals surface area contributed by atoms with Crippen LogP contribution in [0.25, 0.3) is 0 Å². The third-order valence-electron chi connectivity index (χ3n) is 5.26. The first kappa shape index (κ1) is 21.1. The topological polar surface area (TPSA) is 108 Å². The predicted octanol–water partition coefficient (Wildman–Crippen LogP) is 3.07. The third kappa shape index (κ3) is 5.26. The highest BCUT2D eigenvalue weighted by atomic mass is 19.1. The average Bonchev–Trinajstić information content (AvgIpc) is 2.74. The molecule has 0 radical (unpaired) electrons. The summed E-state index contributed by atoms with van der Waals surface area (Å²) in [4.78, 5) is 25.3. The van der Waals surface area contributed by atoms with Gasteiger partial charge in [-0.2, -0.15) is 5.26 Å². The maximum absolute atomic E-state index is 13.1. The van der Waals surface area contributed by atoms with Crippen LogP contribution in [0.4, 0.5) is 14.9 Å². The van der Waals surface area contributed by atoms with Crippen LogP contribution in [-0.2, 0) is 11.2 Å². The highest BCUT2D eigenvalue weighted by molar-refractivity contribution is 5.89. The quantitative estimate of drug-likeness (QED) is 0.763. The van der Waals surface area contributed by atoms with Crippen LogP contribution < -0.4 is 15.8 Å². The molecule has 1 fully saturated rings. The molecule has 1 aliphatic rings. The summed E-state index contributed by atoms with van der Waals surface area (Å²) in [5.74, 6) is -0.153. The van der Waals surface area contributed by atoms with Gasteiger partial charge in [0.05, 0.1) is 17.2 Å². The number of anilines is 1. The van der Waals surface area contributed by atoms with Crippen molar-refractivity contribution in [3.8, 4) is 11.8 Å². The molecule has 156 valence electrons. The van der Waals surface area contributed by atoms with Gasteiger partial charge in [0, 0.05) is 13.1 Å². The van der Waals surface area contributed by atoms with Crippen molar-refractivity contribution in [1.82, 2.24) is 4.90 Å². The molecule has 7 nitrogen and oxygen atoms in total. The number of likely N-dealkylation sites (tertiary alicyclic amines) is 1. The van der Waals surface area contributed by atoms with Gasteiger partial charge in [0.25, 0.3) is 5.91 Å². The molecule has 0 atom stereocenters. The number of piperidine rings is 1. The fourth-order valence-corrected chi connectivity index (χ4v) is 3.56. The molecule has 0 spiro atoms. The van der Waals surface area contributed by atoms with E-state index in [4.69, 9.17) is 10.5 Å². The summed E-state index contributed by atoms with van der Waals surface area (Å²) in [5, 5.41) is 12.2. The number of carbonyl (C=O) groups excluding carboxylic acids is 2. The van der Waals surface area contributed by atoms with Gasteiger partial charge in [-0.05, 0) is 49.1 Å². The van der Waals surface area contributed by atoms with Gasteiger partial charge in [0.1, 0.15) is 11.6 Å². The van der Waals surface area contributed by atoms with Crippen molar-refractivity contribution in [2.75, 3.05) is 25.0 Å². The van der Waals surface area contributed by atoms with E-state index in [2.05, 4.69) is 11.4 Å². The molecule has 1 heterocycles. The van der Waals surface area contributed by atoms with Crippen molar-refractivity contribution >= 4 is 17.6 Å². The smallest absolute Gasteiger partial charge is 0.316 e. The molecule has 0 saturated carbocycles. The number of amides is 3. The van der Waals surface area contributed by atoms with Crippen LogP contribution in [0.1, 0.15) is 18.4 Å². The Balaban J connectivity index is 1.55. The van der Waals surface area contributed by atoms with E-state index in [0.29, 0.717) is 43.8 Å². The molecule has 3 N–H and O–H groups in total. The fourth-order valence-electron chi connectivity index (χ4n) is 3.56. The third-order valence-corrected chi connectivity index (χ3v) is 5.26. The molecule has 1 aliphatic heterocycles. The standard InChI is InChI=1S/C22H23FN4O3/c23-17-7-5-16(6-8-17)13-22(15-24)9-11-27(12-10-22)20(28)14-30-19-4-2-1-3-18(19)26-21(25)29/h1-8H,9-14H2,(H3,25,26,29). The summed E-state index contributed by atoms with van der Waals surface area (Å²) in [6.07, 6.45) is 1.59. The van der Waals surface area contributed by atoms with Crippen LogP contribution in [-0.4, -0.2) is 36.5 Å². The van der Waals surface area contributed by atoms with E-state index in [9.17, 15) is 19.2 Å². The average molecular weight is 410 g/mol. The van der Waals surface area contributed by atoms with Gasteiger partial charge >= 0.3 is 6.03 Å². The van der Waals surface area contributed by atoms with Crippen LogP contribution in [0, 0.1) is 22.6 Å². The monoisotopic (exact) mass is 410 g/mol. The lowest BCUT2D eigenvalue weighted by Gasteiger charge is -2.37. The van der Waals surface area contributed by atoms with Crippen molar-refractivity contribution in [1.29, 1.82) is 5.26 Å². The second-order valence-electron chi connectivity index (χ2n) is 7.35. The zero-order valence-electron chi connectivity index (χ0n) is 16.4. The predicted molar refractivity (Wildman–Crippen MR) is 109 cm³/mol. The normalized spacial score (nSPS) is 15.1. The van der Waals surface area contributed by atoms with Crippen molar-refractivity contribution in [3.05, 3.63) is 59.9 Å². The van der Waals surface area contributed by atoms with Crippen molar-refractivity contribution in [2.45, 2.75) is 19.3 Å². The number of para-hydroxylation sites is 2. The highest BCUT2D eigenvalue weighted by Gasteiger charge is 2.36. The van der Waals surface area contributed by atoms with Crippen molar-refractivity contribution in [2.24, 2.45) is 11.1 Å². The van der Waals surface area contributed by atoms with Crippen LogP contribution in [0.2, 0.25) is 0 Å². The van der Waals surface area contributed by atoms with Crippen LogP contribution in [0.3, 0.4) is 0 Å². The lowest BCUT2D eigenvalue weighted by molar-refractivity contribution is -0.135. The second kappa shape index (κ2) is 9.27. The van der Waals surface area contributed by atoms with E-state index in [1.54, 1.807) is 41.3 Å². The first-order chi connectivity index (χ1) is 14.4. The number of nitrogens with one attached hydrogen (secondary N) is 1. The molecular formula is C22H23FN4O3. The number of nitrogens with two attached hydrogens (primary N) is 1. The minimum atomic E-state index is -0.720. The summed E-state index contributed by atoms with van der Waals surface area (Å²) in [6.45, 7) is 0.700. The van der Waals surface area contributed by atoms with Crippen LogP contribution in [0.15, 0.2) is 48.5 Å². The number of urea groups is 1. The molecule has 30 heavy (non-hydrogen) atoms. The Kier molecular flexibility index (Phi) is 6.52. The molecule has 8 heteroatoms. The number of primary amides is 1. The van der Waals surface area contributed by atoms with Crippen LogP contribution in [0.5, 0.6) is 5.75 Å². The van der Waals surface area contributed by atoms with Crippen LogP contribution >= 0.6 is 0 Å². The minimum absolute atomic E-state index is 0.186. The Morgan fingerprint density at radius 2 is 1.83 bits per heavy atom. The second-order valence-corrected chi connectivity index (χ2v) is 7.35. The summed E-state index contributed by atoms with van der Waals surface area (Å²) >= 11 is 0. The van der Waals surface area contributed by atoms with Crippen molar-refractivity contribution < 1.29 is 18.7 Å². The molecular weight excluding hydrogens is 387 g/mol. The molecule has 0 bridgehead atoms. The van der Waals surface area contributed by atoms with Gasteiger partial charge in [0.15, 0.2) is 6.61 Å². The lowest BCUT2D eigenvalue weighted by atomic mass is 9.75. The number of hydrogen-bond acceptors (Lipinski definition) is 4. The Morgan fingerprint density at radius 3 is 2.47 bits per heavy atom. The first-order valence-electron chi connectivity index (χ1n) is 9.62. The largest absolute Gasteiger partial charge is 0.482 e. The zero-order chi connectivity index (χ0) is 21.6. The number of halogens is 1. The fraction of sp³-hybridized carbons (Fsp3) is 0.318. The van der Waals surface area contributed by atoms with Crippen molar-refractivity contribution in [3.63, 3.8) is 0 Å². The molecule has 3 rings (SSSR count). The molecule has 0 aliphatic carbocycles. The molecule has 0 aromatic heterocycles. The SMILES string of the molecule is N#CC1(Cc2ccc(F)cc2)CCN(C(=O)COc2ccccc2NC(N)=O)CC1. The highest BCUT2D eigenvalue weighted by Crippen LogP contribution is 2.34. The van der Waals surface area contributed by atoms with Gasteiger partial charge < -0.3 is 20.7 Å². The van der Waals surface area contributed by atoms with E-state index in [0.717, 1.165) is 5.56 Å². The number of hydrogen-bond donors (Lipinski definition) is 2. The van der Waals surface area contributed by atoms with Gasteiger partial charge in [-0.25, -0.2) is 9.18 Å². The first-order valence-corrected chi connectivity index (χ1v) is 9.62. The molecule has 3 amide bonds. The van der Waals surface area contributed by atoms with E-state index in [-0.39, 0.29) is 18.3 Å². The summed E-state index contributed by atoms with van der Waals surface area (Å²) in [6, 6.07) is 14.6. The Labute approximate surface area is 174 Å². The molecule has 2 aromatic carbocycles. The molecule has 1 saturated heterocycles. The molecule has 2 aromatic rings. The number of nitriles is 1. The summed E-state index contributed by atoms with van der Waals surface area (Å²) in [5.41, 5.74) is 5.86. The van der Waals surface area contributed by atoms with E-state index in [1.807, 2.05) is 0 Å².